The van der Waals surface area contributed by atoms with E-state index in [0.717, 1.165) is 21.9 Å². The predicted octanol–water partition coefficient (Wildman–Crippen LogP) is 5.72. The summed E-state index contributed by atoms with van der Waals surface area (Å²) >= 11 is 1.65. The van der Waals surface area contributed by atoms with Crippen molar-refractivity contribution >= 4 is 22.4 Å². The van der Waals surface area contributed by atoms with Crippen LogP contribution in [-0.4, -0.2) is 14.5 Å². The Labute approximate surface area is 145 Å². The molecular weight excluding hydrogens is 314 g/mol. The molecule has 1 aromatic carbocycles. The van der Waals surface area contributed by atoms with Crippen molar-refractivity contribution < 1.29 is 0 Å². The normalized spacial score (nSPS) is 11.5. The fourth-order valence-corrected chi connectivity index (χ4v) is 3.77. The highest BCUT2D eigenvalue weighted by Crippen LogP contribution is 2.30. The van der Waals surface area contributed by atoms with Crippen LogP contribution in [0.25, 0.3) is 33.0 Å². The van der Waals surface area contributed by atoms with Crippen LogP contribution < -0.4 is 0 Å². The molecule has 0 unspecified atom stereocenters. The fourth-order valence-electron chi connectivity index (χ4n) is 2.98. The highest BCUT2D eigenvalue weighted by atomic mass is 32.1. The number of benzene rings is 1. The molecule has 4 aromatic rings. The SMILES string of the molecule is Cc1ccccc1-c1csc(-c2ccc3c(ccn3C(C)C)n2)n1. The number of hydrogen-bond acceptors (Lipinski definition) is 3. The van der Waals surface area contributed by atoms with Crippen molar-refractivity contribution in [3.8, 4) is 22.0 Å². The zero-order valence-electron chi connectivity index (χ0n) is 14.0. The van der Waals surface area contributed by atoms with E-state index in [9.17, 15) is 0 Å². The van der Waals surface area contributed by atoms with Crippen molar-refractivity contribution in [3.63, 3.8) is 0 Å². The molecule has 0 saturated heterocycles. The third kappa shape index (κ3) is 2.53. The van der Waals surface area contributed by atoms with E-state index in [4.69, 9.17) is 9.97 Å². The molecule has 0 radical (unpaired) electrons. The van der Waals surface area contributed by atoms with Crippen molar-refractivity contribution in [1.29, 1.82) is 0 Å². The minimum absolute atomic E-state index is 0.433. The molecule has 0 atom stereocenters. The third-order valence-corrected chi connectivity index (χ3v) is 5.14. The maximum absolute atomic E-state index is 4.81. The van der Waals surface area contributed by atoms with Gasteiger partial charge in [-0.15, -0.1) is 11.3 Å². The number of pyridine rings is 1. The lowest BCUT2D eigenvalue weighted by Gasteiger charge is -2.08. The summed E-state index contributed by atoms with van der Waals surface area (Å²) in [7, 11) is 0. The second-order valence-electron chi connectivity index (χ2n) is 6.27. The van der Waals surface area contributed by atoms with Gasteiger partial charge in [-0.25, -0.2) is 9.97 Å². The van der Waals surface area contributed by atoms with E-state index in [0.29, 0.717) is 6.04 Å². The van der Waals surface area contributed by atoms with Gasteiger partial charge >= 0.3 is 0 Å². The summed E-state index contributed by atoms with van der Waals surface area (Å²) in [6, 6.07) is 15.1. The first-order valence-electron chi connectivity index (χ1n) is 8.13. The van der Waals surface area contributed by atoms with E-state index in [1.807, 2.05) is 0 Å². The summed E-state index contributed by atoms with van der Waals surface area (Å²) in [5.41, 5.74) is 6.58. The molecule has 3 aromatic heterocycles. The van der Waals surface area contributed by atoms with Gasteiger partial charge in [-0.05, 0) is 44.5 Å². The molecule has 3 nitrogen and oxygen atoms in total. The second kappa shape index (κ2) is 5.87. The van der Waals surface area contributed by atoms with Crippen molar-refractivity contribution in [1.82, 2.24) is 14.5 Å². The first-order valence-corrected chi connectivity index (χ1v) is 9.01. The van der Waals surface area contributed by atoms with Crippen LogP contribution in [0.1, 0.15) is 25.5 Å². The Morgan fingerprint density at radius 1 is 0.958 bits per heavy atom. The molecule has 0 N–H and O–H groups in total. The van der Waals surface area contributed by atoms with Gasteiger partial charge in [0.15, 0.2) is 0 Å². The van der Waals surface area contributed by atoms with Gasteiger partial charge < -0.3 is 4.57 Å². The maximum atomic E-state index is 4.81. The van der Waals surface area contributed by atoms with Crippen LogP contribution in [0.15, 0.2) is 54.0 Å². The Kier molecular flexibility index (Phi) is 3.69. The zero-order chi connectivity index (χ0) is 16.7. The average Bonchev–Trinajstić information content (AvgIpc) is 3.21. The lowest BCUT2D eigenvalue weighted by Crippen LogP contribution is -1.98. The van der Waals surface area contributed by atoms with Crippen molar-refractivity contribution in [2.45, 2.75) is 26.8 Å². The molecule has 4 rings (SSSR count). The monoisotopic (exact) mass is 333 g/mol. The van der Waals surface area contributed by atoms with E-state index in [-0.39, 0.29) is 0 Å². The van der Waals surface area contributed by atoms with E-state index >= 15 is 0 Å². The lowest BCUT2D eigenvalue weighted by atomic mass is 10.1. The highest BCUT2D eigenvalue weighted by Gasteiger charge is 2.11. The quantitative estimate of drug-likeness (QED) is 0.480. The van der Waals surface area contributed by atoms with Gasteiger partial charge in [0, 0.05) is 23.2 Å². The van der Waals surface area contributed by atoms with Gasteiger partial charge in [0.05, 0.1) is 22.4 Å². The summed E-state index contributed by atoms with van der Waals surface area (Å²) < 4.78 is 2.24. The Bertz CT molecular complexity index is 1010. The number of nitrogens with zero attached hydrogens (tertiary/aromatic N) is 3. The van der Waals surface area contributed by atoms with Gasteiger partial charge in [-0.3, -0.25) is 0 Å². The molecule has 0 aliphatic carbocycles. The lowest BCUT2D eigenvalue weighted by molar-refractivity contribution is 0.623. The molecular formula is C20H19N3S. The summed E-state index contributed by atoms with van der Waals surface area (Å²) in [4.78, 5) is 9.61. The summed E-state index contributed by atoms with van der Waals surface area (Å²) in [6.45, 7) is 6.48. The first-order chi connectivity index (χ1) is 11.6. The van der Waals surface area contributed by atoms with Crippen LogP contribution in [0.5, 0.6) is 0 Å². The Hall–Kier alpha value is -2.46. The molecule has 24 heavy (non-hydrogen) atoms. The van der Waals surface area contributed by atoms with Gasteiger partial charge in [-0.1, -0.05) is 24.3 Å². The van der Waals surface area contributed by atoms with Crippen LogP contribution >= 0.6 is 11.3 Å². The van der Waals surface area contributed by atoms with Gasteiger partial charge in [0.2, 0.25) is 0 Å². The van der Waals surface area contributed by atoms with Crippen LogP contribution in [-0.2, 0) is 0 Å². The molecule has 0 amide bonds. The topological polar surface area (TPSA) is 30.7 Å². The van der Waals surface area contributed by atoms with E-state index < -0.39 is 0 Å². The van der Waals surface area contributed by atoms with Crippen LogP contribution in [0.3, 0.4) is 0 Å². The Morgan fingerprint density at radius 2 is 1.79 bits per heavy atom. The van der Waals surface area contributed by atoms with Crippen molar-refractivity contribution in [2.24, 2.45) is 0 Å². The summed E-state index contributed by atoms with van der Waals surface area (Å²) in [5.74, 6) is 0. The highest BCUT2D eigenvalue weighted by molar-refractivity contribution is 7.13. The van der Waals surface area contributed by atoms with E-state index in [1.54, 1.807) is 11.3 Å². The largest absolute Gasteiger partial charge is 0.344 e. The smallest absolute Gasteiger partial charge is 0.142 e. The molecule has 0 aliphatic heterocycles. The van der Waals surface area contributed by atoms with Gasteiger partial charge in [0.1, 0.15) is 5.01 Å². The standard InChI is InChI=1S/C20H19N3S/c1-13(2)23-11-10-16-19(23)9-8-17(21-16)20-22-18(12-24-20)15-7-5-4-6-14(15)3/h4-13H,1-3H3. The number of hydrogen-bond donors (Lipinski definition) is 0. The first kappa shape index (κ1) is 15.1. The minimum Gasteiger partial charge on any atom is -0.344 e. The minimum atomic E-state index is 0.433. The molecule has 0 saturated carbocycles. The van der Waals surface area contributed by atoms with Crippen LogP contribution in [0.4, 0.5) is 0 Å². The molecule has 0 spiro atoms. The molecule has 0 bridgehead atoms. The number of fused-ring (bicyclic) bond motifs is 1. The molecule has 120 valence electrons. The summed E-state index contributed by atoms with van der Waals surface area (Å²) in [5, 5.41) is 3.08. The van der Waals surface area contributed by atoms with Gasteiger partial charge in [-0.2, -0.15) is 0 Å². The van der Waals surface area contributed by atoms with Crippen LogP contribution in [0.2, 0.25) is 0 Å². The molecule has 3 heterocycles. The zero-order valence-corrected chi connectivity index (χ0v) is 14.8. The number of aryl methyl sites for hydroxylation is 1. The van der Waals surface area contributed by atoms with E-state index in [1.165, 1.54) is 16.6 Å². The number of thiazole rings is 1. The van der Waals surface area contributed by atoms with Crippen LogP contribution in [0, 0.1) is 6.92 Å². The van der Waals surface area contributed by atoms with Crippen molar-refractivity contribution in [2.75, 3.05) is 0 Å². The third-order valence-electron chi connectivity index (χ3n) is 4.27. The van der Waals surface area contributed by atoms with E-state index in [2.05, 4.69) is 79.4 Å². The maximum Gasteiger partial charge on any atom is 0.142 e. The Balaban J connectivity index is 1.75. The average molecular weight is 333 g/mol. The Morgan fingerprint density at radius 3 is 2.58 bits per heavy atom. The molecule has 4 heteroatoms. The van der Waals surface area contributed by atoms with Crippen molar-refractivity contribution in [3.05, 3.63) is 59.6 Å². The molecule has 0 aliphatic rings. The number of rotatable bonds is 3. The second-order valence-corrected chi connectivity index (χ2v) is 7.13. The predicted molar refractivity (Wildman–Crippen MR) is 101 cm³/mol. The molecule has 0 fully saturated rings. The van der Waals surface area contributed by atoms with Gasteiger partial charge in [0.25, 0.3) is 0 Å². The summed E-state index contributed by atoms with van der Waals surface area (Å²) in [6.07, 6.45) is 2.10. The number of aromatic nitrogens is 3. The fraction of sp³-hybridized carbons (Fsp3) is 0.200.